The van der Waals surface area contributed by atoms with Crippen LogP contribution in [0.1, 0.15) is 18.9 Å². The second-order valence-electron chi connectivity index (χ2n) is 4.25. The lowest BCUT2D eigenvalue weighted by Gasteiger charge is -2.25. The molecule has 1 saturated heterocycles. The Morgan fingerprint density at radius 2 is 2.35 bits per heavy atom. The quantitative estimate of drug-likeness (QED) is 0.748. The number of hydrogen-bond acceptors (Lipinski definition) is 3. The van der Waals surface area contributed by atoms with Crippen molar-refractivity contribution in [1.82, 2.24) is 0 Å². The van der Waals surface area contributed by atoms with Crippen LogP contribution in [-0.4, -0.2) is 25.8 Å². The van der Waals surface area contributed by atoms with Crippen LogP contribution in [0.5, 0.6) is 0 Å². The molecular formula is C13H15FN2O. The maximum atomic E-state index is 13.1. The summed E-state index contributed by atoms with van der Waals surface area (Å²) in [4.78, 5) is 2.09. The van der Waals surface area contributed by atoms with Gasteiger partial charge in [-0.2, -0.15) is 5.26 Å². The molecule has 0 spiro atoms. The molecule has 1 atom stereocenters. The fraction of sp³-hybridized carbons (Fsp3) is 0.462. The molecular weight excluding hydrogens is 219 g/mol. The second-order valence-corrected chi connectivity index (χ2v) is 4.25. The number of hydrogen-bond donors (Lipinski definition) is 0. The lowest BCUT2D eigenvalue weighted by Crippen LogP contribution is -2.30. The molecule has 1 aliphatic rings. The Morgan fingerprint density at radius 1 is 1.53 bits per heavy atom. The molecule has 0 radical (unpaired) electrons. The van der Waals surface area contributed by atoms with E-state index < -0.39 is 0 Å². The van der Waals surface area contributed by atoms with Crippen LogP contribution in [0, 0.1) is 17.1 Å². The molecule has 0 aromatic heterocycles. The van der Waals surface area contributed by atoms with Crippen LogP contribution in [0.3, 0.4) is 0 Å². The van der Waals surface area contributed by atoms with Crippen LogP contribution in [-0.2, 0) is 4.74 Å². The zero-order valence-electron chi connectivity index (χ0n) is 9.82. The number of nitrogens with zero attached hydrogens (tertiary/aromatic N) is 2. The molecule has 17 heavy (non-hydrogen) atoms. The van der Waals surface area contributed by atoms with Gasteiger partial charge < -0.3 is 9.64 Å². The van der Waals surface area contributed by atoms with Crippen LogP contribution < -0.4 is 4.90 Å². The van der Waals surface area contributed by atoms with E-state index in [0.717, 1.165) is 31.8 Å². The lowest BCUT2D eigenvalue weighted by molar-refractivity contribution is 0.0821. The summed E-state index contributed by atoms with van der Waals surface area (Å²) in [6.45, 7) is 4.32. The zero-order chi connectivity index (χ0) is 12.3. The summed E-state index contributed by atoms with van der Waals surface area (Å²) in [5.74, 6) is -0.371. The summed E-state index contributed by atoms with van der Waals surface area (Å²) in [5, 5.41) is 9.04. The Bertz CT molecular complexity index is 442. The third-order valence-corrected chi connectivity index (χ3v) is 2.87. The molecule has 0 saturated carbocycles. The molecule has 0 amide bonds. The van der Waals surface area contributed by atoms with Crippen molar-refractivity contribution in [1.29, 1.82) is 5.26 Å². The van der Waals surface area contributed by atoms with Gasteiger partial charge in [-0.1, -0.05) is 0 Å². The van der Waals surface area contributed by atoms with Crippen molar-refractivity contribution in [2.45, 2.75) is 19.4 Å². The largest absolute Gasteiger partial charge is 0.377 e. The lowest BCUT2D eigenvalue weighted by atomic mass is 10.1. The van der Waals surface area contributed by atoms with E-state index in [2.05, 4.69) is 4.90 Å². The van der Waals surface area contributed by atoms with Crippen molar-refractivity contribution in [2.75, 3.05) is 24.6 Å². The molecule has 3 nitrogen and oxygen atoms in total. The van der Waals surface area contributed by atoms with E-state index in [-0.39, 0.29) is 11.9 Å². The Morgan fingerprint density at radius 3 is 3.12 bits per heavy atom. The summed E-state index contributed by atoms with van der Waals surface area (Å²) in [6.07, 6.45) is 1.06. The minimum Gasteiger partial charge on any atom is -0.377 e. The van der Waals surface area contributed by atoms with Gasteiger partial charge in [0.05, 0.1) is 17.4 Å². The first-order valence-corrected chi connectivity index (χ1v) is 5.77. The topological polar surface area (TPSA) is 36.3 Å². The van der Waals surface area contributed by atoms with Crippen LogP contribution in [0.25, 0.3) is 0 Å². The summed E-state index contributed by atoms with van der Waals surface area (Å²) < 4.78 is 18.6. The highest BCUT2D eigenvalue weighted by atomic mass is 19.1. The number of halogens is 1. The molecule has 0 bridgehead atoms. The molecule has 1 aromatic carbocycles. The molecule has 1 unspecified atom stereocenters. The van der Waals surface area contributed by atoms with Gasteiger partial charge in [-0.15, -0.1) is 0 Å². The maximum Gasteiger partial charge on any atom is 0.124 e. The van der Waals surface area contributed by atoms with E-state index >= 15 is 0 Å². The van der Waals surface area contributed by atoms with Gasteiger partial charge in [0.15, 0.2) is 0 Å². The first kappa shape index (κ1) is 11.9. The highest BCUT2D eigenvalue weighted by Gasteiger charge is 2.18. The maximum absolute atomic E-state index is 13.1. The van der Waals surface area contributed by atoms with Crippen molar-refractivity contribution in [3.8, 4) is 6.07 Å². The van der Waals surface area contributed by atoms with Crippen molar-refractivity contribution in [2.24, 2.45) is 0 Å². The molecule has 0 N–H and O–H groups in total. The van der Waals surface area contributed by atoms with Crippen molar-refractivity contribution < 1.29 is 9.13 Å². The second kappa shape index (κ2) is 5.15. The minimum absolute atomic E-state index is 0.133. The molecule has 2 rings (SSSR count). The third kappa shape index (κ3) is 2.75. The molecule has 90 valence electrons. The van der Waals surface area contributed by atoms with E-state index in [4.69, 9.17) is 10.00 Å². The summed E-state index contributed by atoms with van der Waals surface area (Å²) in [5.41, 5.74) is 1.19. The van der Waals surface area contributed by atoms with E-state index in [1.165, 1.54) is 12.1 Å². The van der Waals surface area contributed by atoms with Gasteiger partial charge in [0, 0.05) is 19.7 Å². The van der Waals surface area contributed by atoms with E-state index in [9.17, 15) is 4.39 Å². The van der Waals surface area contributed by atoms with Gasteiger partial charge in [0.1, 0.15) is 11.9 Å². The van der Waals surface area contributed by atoms with Gasteiger partial charge >= 0.3 is 0 Å². The summed E-state index contributed by atoms with van der Waals surface area (Å²) >= 11 is 0. The predicted octanol–water partition coefficient (Wildman–Crippen LogP) is 2.31. The Kier molecular flexibility index (Phi) is 3.60. The van der Waals surface area contributed by atoms with E-state index in [0.29, 0.717) is 5.56 Å². The van der Waals surface area contributed by atoms with Gasteiger partial charge in [-0.3, -0.25) is 0 Å². The molecule has 1 aromatic rings. The average Bonchev–Trinajstić information content (AvgIpc) is 2.53. The number of benzene rings is 1. The van der Waals surface area contributed by atoms with Crippen molar-refractivity contribution >= 4 is 5.69 Å². The summed E-state index contributed by atoms with van der Waals surface area (Å²) in [7, 11) is 0. The average molecular weight is 234 g/mol. The molecule has 4 heteroatoms. The Labute approximate surface area is 100 Å². The van der Waals surface area contributed by atoms with E-state index in [1.807, 2.05) is 13.0 Å². The van der Waals surface area contributed by atoms with Crippen LogP contribution in [0.2, 0.25) is 0 Å². The zero-order valence-corrected chi connectivity index (χ0v) is 9.82. The first-order chi connectivity index (χ1) is 8.20. The van der Waals surface area contributed by atoms with Gasteiger partial charge in [-0.05, 0) is 31.5 Å². The van der Waals surface area contributed by atoms with Crippen molar-refractivity contribution in [3.63, 3.8) is 0 Å². The SMILES string of the molecule is CC1CN(c2ccc(F)cc2C#N)CCCO1. The smallest absolute Gasteiger partial charge is 0.124 e. The third-order valence-electron chi connectivity index (χ3n) is 2.87. The number of anilines is 1. The van der Waals surface area contributed by atoms with Crippen LogP contribution in [0.15, 0.2) is 18.2 Å². The van der Waals surface area contributed by atoms with Crippen molar-refractivity contribution in [3.05, 3.63) is 29.6 Å². The van der Waals surface area contributed by atoms with Gasteiger partial charge in [0.2, 0.25) is 0 Å². The Balaban J connectivity index is 2.29. The molecule has 0 aliphatic carbocycles. The van der Waals surface area contributed by atoms with Gasteiger partial charge in [0.25, 0.3) is 0 Å². The standard InChI is InChI=1S/C13H15FN2O/c1-10-9-16(5-2-6-17-10)13-4-3-12(14)7-11(13)8-15/h3-4,7,10H,2,5-6,9H2,1H3. The number of nitriles is 1. The predicted molar refractivity (Wildman–Crippen MR) is 63.4 cm³/mol. The van der Waals surface area contributed by atoms with Crippen LogP contribution >= 0.6 is 0 Å². The highest BCUT2D eigenvalue weighted by molar-refractivity contribution is 5.59. The van der Waals surface area contributed by atoms with Gasteiger partial charge in [-0.25, -0.2) is 4.39 Å². The first-order valence-electron chi connectivity index (χ1n) is 5.77. The normalized spacial score (nSPS) is 20.8. The number of ether oxygens (including phenoxy) is 1. The van der Waals surface area contributed by atoms with E-state index in [1.54, 1.807) is 6.07 Å². The fourth-order valence-corrected chi connectivity index (χ4v) is 2.09. The fourth-order valence-electron chi connectivity index (χ4n) is 2.09. The monoisotopic (exact) mass is 234 g/mol. The summed E-state index contributed by atoms with van der Waals surface area (Å²) in [6, 6.07) is 6.40. The Hall–Kier alpha value is -1.60. The highest BCUT2D eigenvalue weighted by Crippen LogP contribution is 2.23. The molecule has 1 aliphatic heterocycles. The number of rotatable bonds is 1. The molecule has 1 fully saturated rings. The van der Waals surface area contributed by atoms with Crippen LogP contribution in [0.4, 0.5) is 10.1 Å². The minimum atomic E-state index is -0.371. The molecule has 1 heterocycles.